The van der Waals surface area contributed by atoms with Gasteiger partial charge in [0, 0.05) is 5.56 Å². The summed E-state index contributed by atoms with van der Waals surface area (Å²) in [6, 6.07) is 20.2. The average Bonchev–Trinajstić information content (AvgIpc) is 2.70. The lowest BCUT2D eigenvalue weighted by Crippen LogP contribution is -2.14. The zero-order valence-corrected chi connectivity index (χ0v) is 16.3. The summed E-state index contributed by atoms with van der Waals surface area (Å²) in [6.07, 6.45) is 3.03. The summed E-state index contributed by atoms with van der Waals surface area (Å²) in [5.41, 5.74) is 8.15. The molecule has 0 spiro atoms. The quantitative estimate of drug-likeness (QED) is 0.509. The van der Waals surface area contributed by atoms with Gasteiger partial charge in [-0.25, -0.2) is 0 Å². The number of ether oxygens (including phenoxy) is 1. The second kappa shape index (κ2) is 8.68. The number of hydrogen-bond donors (Lipinski definition) is 0. The predicted molar refractivity (Wildman–Crippen MR) is 112 cm³/mol. The number of fused-ring (bicyclic) bond motifs is 1. The van der Waals surface area contributed by atoms with Gasteiger partial charge in [0.05, 0.1) is 0 Å². The van der Waals surface area contributed by atoms with E-state index in [4.69, 9.17) is 4.74 Å². The molecule has 0 aromatic heterocycles. The lowest BCUT2D eigenvalue weighted by atomic mass is 9.79. The van der Waals surface area contributed by atoms with Gasteiger partial charge in [-0.3, -0.25) is 4.79 Å². The van der Waals surface area contributed by atoms with Crippen LogP contribution in [0.3, 0.4) is 0 Å². The van der Waals surface area contributed by atoms with Gasteiger partial charge in [0.2, 0.25) is 0 Å². The third-order valence-electron chi connectivity index (χ3n) is 4.88. The van der Waals surface area contributed by atoms with E-state index in [1.165, 1.54) is 27.8 Å². The van der Waals surface area contributed by atoms with Crippen LogP contribution in [0.2, 0.25) is 0 Å². The van der Waals surface area contributed by atoms with E-state index in [-0.39, 0.29) is 0 Å². The molecule has 0 amide bonds. The van der Waals surface area contributed by atoms with Crippen LogP contribution in [0.25, 0.3) is 11.1 Å². The van der Waals surface area contributed by atoms with Crippen molar-refractivity contribution in [1.29, 1.82) is 0 Å². The van der Waals surface area contributed by atoms with E-state index in [2.05, 4.69) is 31.2 Å². The fraction of sp³-hybridized carbons (Fsp3) is 0.240. The first-order chi connectivity index (χ1) is 13.3. The van der Waals surface area contributed by atoms with Gasteiger partial charge in [0.1, 0.15) is 18.6 Å². The standard InChI is InChI=1S/C23H20O2.C2H6/c1-16-12-22(25-15-17-6-3-2-4-7-17)20-10-11-21(20)23(16)19-9-5-8-18(13-19)14-24;1-2/h2-9,12-14H,10-11,15H2,1H3;1-2H3. The SMILES string of the molecule is CC.Cc1cc(OCc2ccccc2)c2c(c1-c1cccc(C=O)c1)CC2. The molecule has 1 aliphatic carbocycles. The molecule has 3 aromatic rings. The summed E-state index contributed by atoms with van der Waals surface area (Å²) in [5.74, 6) is 0.998. The Morgan fingerprint density at radius 3 is 2.33 bits per heavy atom. The lowest BCUT2D eigenvalue weighted by Gasteiger charge is -2.28. The molecule has 0 bridgehead atoms. The van der Waals surface area contributed by atoms with Gasteiger partial charge in [-0.15, -0.1) is 0 Å². The largest absolute Gasteiger partial charge is 0.489 e. The van der Waals surface area contributed by atoms with E-state index in [1.54, 1.807) is 0 Å². The van der Waals surface area contributed by atoms with Gasteiger partial charge in [-0.1, -0.05) is 62.4 Å². The molecular weight excluding hydrogens is 332 g/mol. The van der Waals surface area contributed by atoms with Crippen molar-refractivity contribution >= 4 is 6.29 Å². The molecule has 1 aliphatic rings. The van der Waals surface area contributed by atoms with Gasteiger partial charge in [0.25, 0.3) is 0 Å². The molecule has 0 N–H and O–H groups in total. The minimum Gasteiger partial charge on any atom is -0.489 e. The normalized spacial score (nSPS) is 11.5. The Hall–Kier alpha value is -2.87. The topological polar surface area (TPSA) is 26.3 Å². The number of benzene rings is 3. The van der Waals surface area contributed by atoms with Crippen LogP contribution in [-0.2, 0) is 19.4 Å². The third kappa shape index (κ3) is 3.95. The van der Waals surface area contributed by atoms with Crippen LogP contribution in [0.5, 0.6) is 5.75 Å². The first-order valence-corrected chi connectivity index (χ1v) is 9.64. The van der Waals surface area contributed by atoms with E-state index in [9.17, 15) is 4.79 Å². The number of hydrogen-bond acceptors (Lipinski definition) is 2. The highest BCUT2D eigenvalue weighted by molar-refractivity contribution is 5.82. The Labute approximate surface area is 161 Å². The van der Waals surface area contributed by atoms with Crippen LogP contribution < -0.4 is 4.74 Å². The summed E-state index contributed by atoms with van der Waals surface area (Å²) in [6.45, 7) is 6.71. The Morgan fingerprint density at radius 2 is 1.67 bits per heavy atom. The molecule has 0 saturated carbocycles. The summed E-state index contributed by atoms with van der Waals surface area (Å²) in [4.78, 5) is 11.1. The van der Waals surface area contributed by atoms with Gasteiger partial charge in [-0.2, -0.15) is 0 Å². The fourth-order valence-electron chi connectivity index (χ4n) is 3.55. The highest BCUT2D eigenvalue weighted by Gasteiger charge is 2.24. The predicted octanol–water partition coefficient (Wildman–Crippen LogP) is 6.18. The summed E-state index contributed by atoms with van der Waals surface area (Å²) < 4.78 is 6.12. The van der Waals surface area contributed by atoms with Crippen molar-refractivity contribution in [3.8, 4) is 16.9 Å². The Morgan fingerprint density at radius 1 is 0.926 bits per heavy atom. The third-order valence-corrected chi connectivity index (χ3v) is 4.88. The fourth-order valence-corrected chi connectivity index (χ4v) is 3.55. The van der Waals surface area contributed by atoms with E-state index in [0.29, 0.717) is 6.61 Å². The monoisotopic (exact) mass is 358 g/mol. The van der Waals surface area contributed by atoms with Crippen LogP contribution in [-0.4, -0.2) is 6.29 Å². The first kappa shape index (κ1) is 18.9. The molecule has 138 valence electrons. The van der Waals surface area contributed by atoms with E-state index >= 15 is 0 Å². The molecule has 3 aromatic carbocycles. The van der Waals surface area contributed by atoms with Gasteiger partial charge < -0.3 is 4.74 Å². The van der Waals surface area contributed by atoms with Gasteiger partial charge in [0.15, 0.2) is 0 Å². The zero-order chi connectivity index (χ0) is 19.2. The van der Waals surface area contributed by atoms with Crippen molar-refractivity contribution in [1.82, 2.24) is 0 Å². The van der Waals surface area contributed by atoms with Crippen LogP contribution in [0.4, 0.5) is 0 Å². The first-order valence-electron chi connectivity index (χ1n) is 9.64. The lowest BCUT2D eigenvalue weighted by molar-refractivity contribution is 0.112. The van der Waals surface area contributed by atoms with Crippen molar-refractivity contribution in [2.45, 2.75) is 40.2 Å². The average molecular weight is 358 g/mol. The molecule has 0 radical (unpaired) electrons. The van der Waals surface area contributed by atoms with Gasteiger partial charge >= 0.3 is 0 Å². The minimum atomic E-state index is 0.590. The number of carbonyl (C=O) groups excluding carboxylic acids is 1. The van der Waals surface area contributed by atoms with Crippen LogP contribution in [0, 0.1) is 6.92 Å². The Bertz CT molecular complexity index is 927. The summed E-state index contributed by atoms with van der Waals surface area (Å²) >= 11 is 0. The Kier molecular flexibility index (Phi) is 6.08. The molecule has 27 heavy (non-hydrogen) atoms. The van der Waals surface area contributed by atoms with Crippen molar-refractivity contribution < 1.29 is 9.53 Å². The maximum Gasteiger partial charge on any atom is 0.150 e. The number of rotatable bonds is 5. The van der Waals surface area contributed by atoms with E-state index in [0.717, 1.165) is 36.0 Å². The highest BCUT2D eigenvalue weighted by Crippen LogP contribution is 2.42. The molecule has 0 atom stereocenters. The van der Waals surface area contributed by atoms with E-state index < -0.39 is 0 Å². The summed E-state index contributed by atoms with van der Waals surface area (Å²) in [7, 11) is 0. The zero-order valence-electron chi connectivity index (χ0n) is 16.3. The molecule has 4 rings (SSSR count). The second-order valence-corrected chi connectivity index (χ2v) is 6.54. The number of aryl methyl sites for hydroxylation is 1. The minimum absolute atomic E-state index is 0.590. The maximum absolute atomic E-state index is 11.1. The van der Waals surface area contributed by atoms with Crippen molar-refractivity contribution in [3.63, 3.8) is 0 Å². The number of carbonyl (C=O) groups is 1. The molecule has 0 heterocycles. The Balaban J connectivity index is 0.00000102. The smallest absolute Gasteiger partial charge is 0.150 e. The molecule has 0 fully saturated rings. The van der Waals surface area contributed by atoms with Crippen molar-refractivity contribution in [2.75, 3.05) is 0 Å². The molecule has 2 nitrogen and oxygen atoms in total. The maximum atomic E-state index is 11.1. The van der Waals surface area contributed by atoms with Crippen LogP contribution >= 0.6 is 0 Å². The van der Waals surface area contributed by atoms with Crippen molar-refractivity contribution in [3.05, 3.63) is 88.5 Å². The second-order valence-electron chi connectivity index (χ2n) is 6.54. The molecular formula is C25H26O2. The molecule has 2 heteroatoms. The molecule has 0 unspecified atom stereocenters. The highest BCUT2D eigenvalue weighted by atomic mass is 16.5. The van der Waals surface area contributed by atoms with Crippen LogP contribution in [0.15, 0.2) is 60.7 Å². The van der Waals surface area contributed by atoms with E-state index in [1.807, 2.05) is 50.2 Å². The molecule has 0 saturated heterocycles. The van der Waals surface area contributed by atoms with Crippen LogP contribution in [0.1, 0.15) is 46.5 Å². The van der Waals surface area contributed by atoms with Gasteiger partial charge in [-0.05, 0) is 65.3 Å². The summed E-state index contributed by atoms with van der Waals surface area (Å²) in [5, 5.41) is 0. The number of aldehydes is 1. The van der Waals surface area contributed by atoms with Crippen molar-refractivity contribution in [2.24, 2.45) is 0 Å². The molecule has 0 aliphatic heterocycles.